The molecule has 9 nitrogen and oxygen atoms in total. The number of aromatic amines is 1. The zero-order valence-corrected chi connectivity index (χ0v) is 15.0. The molecule has 1 aliphatic heterocycles. The van der Waals surface area contributed by atoms with Gasteiger partial charge in [0.2, 0.25) is 11.9 Å². The summed E-state index contributed by atoms with van der Waals surface area (Å²) in [5.41, 5.74) is 1.87. The van der Waals surface area contributed by atoms with E-state index in [9.17, 15) is 14.4 Å². The average molecular weight is 370 g/mol. The number of H-pyrrole nitrogens is 1. The van der Waals surface area contributed by atoms with E-state index in [-0.39, 0.29) is 17.5 Å². The minimum atomic E-state index is -0.340. The Morgan fingerprint density at radius 1 is 1.22 bits per heavy atom. The Morgan fingerprint density at radius 2 is 2.00 bits per heavy atom. The molecule has 1 saturated heterocycles. The van der Waals surface area contributed by atoms with Gasteiger partial charge in [-0.15, -0.1) is 0 Å². The number of carbonyl (C=O) groups excluding carboxylic acids is 2. The first-order valence-electron chi connectivity index (χ1n) is 8.78. The number of rotatable bonds is 6. The second-order valence-corrected chi connectivity index (χ2v) is 6.24. The predicted octanol–water partition coefficient (Wildman–Crippen LogP) is 1.44. The summed E-state index contributed by atoms with van der Waals surface area (Å²) in [6, 6.07) is 8.23. The summed E-state index contributed by atoms with van der Waals surface area (Å²) in [4.78, 5) is 43.5. The van der Waals surface area contributed by atoms with Crippen LogP contribution < -0.4 is 26.4 Å². The number of hydrogen-bond donors (Lipinski definition) is 4. The van der Waals surface area contributed by atoms with Gasteiger partial charge in [0.1, 0.15) is 0 Å². The minimum absolute atomic E-state index is 0.130. The maximum absolute atomic E-state index is 11.9. The second kappa shape index (κ2) is 8.35. The number of anilines is 3. The summed E-state index contributed by atoms with van der Waals surface area (Å²) < 4.78 is 0. The van der Waals surface area contributed by atoms with Crippen molar-refractivity contribution in [3.63, 3.8) is 0 Å². The largest absolute Gasteiger partial charge is 0.354 e. The molecule has 3 amide bonds. The van der Waals surface area contributed by atoms with Gasteiger partial charge < -0.3 is 20.9 Å². The van der Waals surface area contributed by atoms with Crippen molar-refractivity contribution < 1.29 is 9.59 Å². The molecule has 0 spiro atoms. The molecule has 0 aliphatic carbocycles. The van der Waals surface area contributed by atoms with Crippen LogP contribution in [0, 0.1) is 6.92 Å². The molecule has 3 rings (SSSR count). The van der Waals surface area contributed by atoms with Crippen LogP contribution in [0.25, 0.3) is 0 Å². The number of aryl methyl sites for hydroxylation is 1. The zero-order chi connectivity index (χ0) is 19.2. The molecule has 0 radical (unpaired) electrons. The fourth-order valence-electron chi connectivity index (χ4n) is 2.84. The van der Waals surface area contributed by atoms with Gasteiger partial charge >= 0.3 is 6.03 Å². The van der Waals surface area contributed by atoms with E-state index in [1.807, 2.05) is 12.1 Å². The van der Waals surface area contributed by atoms with Gasteiger partial charge in [0.25, 0.3) is 5.56 Å². The highest BCUT2D eigenvalue weighted by Gasteiger charge is 2.21. The van der Waals surface area contributed by atoms with E-state index in [0.717, 1.165) is 18.7 Å². The lowest BCUT2D eigenvalue weighted by molar-refractivity contribution is -0.117. The molecule has 1 aromatic heterocycles. The standard InChI is InChI=1S/C18H22N6O3/c1-12-11-15(25)23-17(21-12)19-8-9-20-18(27)22-13-4-6-14(7-5-13)24-10-2-3-16(24)26/h4-7,11H,2-3,8-10H2,1H3,(H2,20,22,27)(H2,19,21,23,25). The summed E-state index contributed by atoms with van der Waals surface area (Å²) in [7, 11) is 0. The lowest BCUT2D eigenvalue weighted by atomic mass is 10.2. The first-order chi connectivity index (χ1) is 13.0. The smallest absolute Gasteiger partial charge is 0.319 e. The summed E-state index contributed by atoms with van der Waals surface area (Å²) in [5, 5.41) is 8.39. The zero-order valence-electron chi connectivity index (χ0n) is 15.0. The van der Waals surface area contributed by atoms with Crippen molar-refractivity contribution in [1.82, 2.24) is 15.3 Å². The number of carbonyl (C=O) groups is 2. The molecule has 4 N–H and O–H groups in total. The van der Waals surface area contributed by atoms with Gasteiger partial charge in [-0.25, -0.2) is 9.78 Å². The summed E-state index contributed by atoms with van der Waals surface area (Å²) >= 11 is 0. The van der Waals surface area contributed by atoms with Gasteiger partial charge in [0.15, 0.2) is 0 Å². The monoisotopic (exact) mass is 370 g/mol. The maximum atomic E-state index is 11.9. The van der Waals surface area contributed by atoms with Crippen molar-refractivity contribution in [2.24, 2.45) is 0 Å². The Morgan fingerprint density at radius 3 is 2.67 bits per heavy atom. The third-order valence-electron chi connectivity index (χ3n) is 4.08. The molecule has 1 aromatic carbocycles. The Kier molecular flexibility index (Phi) is 5.70. The molecule has 2 heterocycles. The maximum Gasteiger partial charge on any atom is 0.319 e. The average Bonchev–Trinajstić information content (AvgIpc) is 3.05. The highest BCUT2D eigenvalue weighted by Crippen LogP contribution is 2.22. The Hall–Kier alpha value is -3.36. The fourth-order valence-corrected chi connectivity index (χ4v) is 2.84. The molecular formula is C18H22N6O3. The molecule has 1 aliphatic rings. The van der Waals surface area contributed by atoms with Crippen molar-refractivity contribution in [2.75, 3.05) is 35.2 Å². The van der Waals surface area contributed by atoms with E-state index < -0.39 is 0 Å². The van der Waals surface area contributed by atoms with Crippen molar-refractivity contribution in [2.45, 2.75) is 19.8 Å². The number of nitrogens with one attached hydrogen (secondary N) is 4. The molecule has 0 unspecified atom stereocenters. The number of nitrogens with zero attached hydrogens (tertiary/aromatic N) is 2. The van der Waals surface area contributed by atoms with Gasteiger partial charge in [-0.3, -0.25) is 14.6 Å². The van der Waals surface area contributed by atoms with Crippen LogP contribution in [-0.2, 0) is 4.79 Å². The Bertz CT molecular complexity index is 877. The molecule has 142 valence electrons. The van der Waals surface area contributed by atoms with Gasteiger partial charge in [-0.2, -0.15) is 0 Å². The van der Waals surface area contributed by atoms with E-state index in [0.29, 0.717) is 36.8 Å². The van der Waals surface area contributed by atoms with Crippen molar-refractivity contribution in [3.05, 3.63) is 46.4 Å². The van der Waals surface area contributed by atoms with Crippen LogP contribution in [0.2, 0.25) is 0 Å². The van der Waals surface area contributed by atoms with Crippen LogP contribution in [-0.4, -0.2) is 41.5 Å². The van der Waals surface area contributed by atoms with Crippen LogP contribution in [0.3, 0.4) is 0 Å². The normalized spacial score (nSPS) is 13.5. The predicted molar refractivity (Wildman–Crippen MR) is 103 cm³/mol. The van der Waals surface area contributed by atoms with E-state index in [4.69, 9.17) is 0 Å². The Labute approximate surface area is 156 Å². The third kappa shape index (κ3) is 5.06. The molecule has 27 heavy (non-hydrogen) atoms. The molecule has 0 bridgehead atoms. The van der Waals surface area contributed by atoms with Gasteiger partial charge in [0, 0.05) is 49.2 Å². The second-order valence-electron chi connectivity index (χ2n) is 6.24. The van der Waals surface area contributed by atoms with Gasteiger partial charge in [-0.1, -0.05) is 0 Å². The van der Waals surface area contributed by atoms with E-state index in [2.05, 4.69) is 25.9 Å². The summed E-state index contributed by atoms with van der Waals surface area (Å²) in [6.07, 6.45) is 1.46. The fraction of sp³-hybridized carbons (Fsp3) is 0.333. The van der Waals surface area contributed by atoms with Crippen LogP contribution in [0.15, 0.2) is 35.1 Å². The van der Waals surface area contributed by atoms with Crippen molar-refractivity contribution in [1.29, 1.82) is 0 Å². The number of benzene rings is 1. The first kappa shape index (κ1) is 18.4. The third-order valence-corrected chi connectivity index (χ3v) is 4.08. The molecule has 0 saturated carbocycles. The SMILES string of the molecule is Cc1cc(=O)[nH]c(NCCNC(=O)Nc2ccc(N3CCCC3=O)cc2)n1. The number of amides is 3. The Balaban J connectivity index is 1.42. The van der Waals surface area contributed by atoms with Crippen LogP contribution in [0.5, 0.6) is 0 Å². The topological polar surface area (TPSA) is 119 Å². The van der Waals surface area contributed by atoms with Gasteiger partial charge in [0.05, 0.1) is 0 Å². The summed E-state index contributed by atoms with van der Waals surface area (Å²) in [6.45, 7) is 3.23. The van der Waals surface area contributed by atoms with Crippen LogP contribution >= 0.6 is 0 Å². The lowest BCUT2D eigenvalue weighted by Crippen LogP contribution is -2.33. The minimum Gasteiger partial charge on any atom is -0.354 e. The van der Waals surface area contributed by atoms with E-state index in [1.54, 1.807) is 24.0 Å². The molecule has 1 fully saturated rings. The van der Waals surface area contributed by atoms with Crippen molar-refractivity contribution >= 4 is 29.3 Å². The van der Waals surface area contributed by atoms with Crippen LogP contribution in [0.4, 0.5) is 22.1 Å². The molecule has 2 aromatic rings. The van der Waals surface area contributed by atoms with Crippen LogP contribution in [0.1, 0.15) is 18.5 Å². The van der Waals surface area contributed by atoms with Gasteiger partial charge in [-0.05, 0) is 37.6 Å². The number of urea groups is 1. The quantitative estimate of drug-likeness (QED) is 0.574. The molecule has 9 heteroatoms. The van der Waals surface area contributed by atoms with Crippen molar-refractivity contribution in [3.8, 4) is 0 Å². The van der Waals surface area contributed by atoms with E-state index >= 15 is 0 Å². The number of aromatic nitrogens is 2. The number of hydrogen-bond acceptors (Lipinski definition) is 5. The first-order valence-corrected chi connectivity index (χ1v) is 8.78. The highest BCUT2D eigenvalue weighted by atomic mass is 16.2. The molecular weight excluding hydrogens is 348 g/mol. The lowest BCUT2D eigenvalue weighted by Gasteiger charge is -2.16. The molecule has 0 atom stereocenters. The highest BCUT2D eigenvalue weighted by molar-refractivity contribution is 5.96. The van der Waals surface area contributed by atoms with E-state index in [1.165, 1.54) is 6.07 Å². The summed E-state index contributed by atoms with van der Waals surface area (Å²) in [5.74, 6) is 0.500.